The van der Waals surface area contributed by atoms with Crippen LogP contribution in [0.15, 0.2) is 30.3 Å². The Morgan fingerprint density at radius 3 is 2.78 bits per heavy atom. The van der Waals surface area contributed by atoms with Gasteiger partial charge in [-0.2, -0.15) is 0 Å². The van der Waals surface area contributed by atoms with Crippen LogP contribution in [0.1, 0.15) is 16.0 Å². The molecule has 23 heavy (non-hydrogen) atoms. The highest BCUT2D eigenvalue weighted by atomic mass is 32.1. The predicted molar refractivity (Wildman–Crippen MR) is 90.8 cm³/mol. The van der Waals surface area contributed by atoms with Crippen LogP contribution in [0, 0.1) is 3.95 Å². The smallest absolute Gasteiger partial charge is 0.323 e. The van der Waals surface area contributed by atoms with Gasteiger partial charge in [0, 0.05) is 5.57 Å². The van der Waals surface area contributed by atoms with Crippen molar-refractivity contribution in [1.29, 1.82) is 0 Å². The second-order valence-corrected chi connectivity index (χ2v) is 6.55. The van der Waals surface area contributed by atoms with E-state index in [0.717, 1.165) is 27.0 Å². The average Bonchev–Trinajstić information content (AvgIpc) is 2.77. The first-order valence-corrected chi connectivity index (χ1v) is 7.87. The lowest BCUT2D eigenvalue weighted by atomic mass is 9.91. The summed E-state index contributed by atoms with van der Waals surface area (Å²) in [5, 5.41) is 19.1. The molecule has 0 aliphatic heterocycles. The Morgan fingerprint density at radius 1 is 1.30 bits per heavy atom. The van der Waals surface area contributed by atoms with Crippen LogP contribution >= 0.6 is 23.6 Å². The molecule has 7 heteroatoms. The molecule has 1 aliphatic rings. The quantitative estimate of drug-likeness (QED) is 0.660. The Bertz CT molecular complexity index is 934. The number of aliphatic carboxylic acids is 1. The maximum absolute atomic E-state index is 12.2. The van der Waals surface area contributed by atoms with E-state index in [-0.39, 0.29) is 15.6 Å². The number of carboxylic acids is 1. The molecule has 0 saturated heterocycles. The number of fused-ring (bicyclic) bond motifs is 1. The van der Waals surface area contributed by atoms with Crippen LogP contribution in [0.4, 0.5) is 0 Å². The zero-order valence-corrected chi connectivity index (χ0v) is 13.4. The average molecular weight is 345 g/mol. The van der Waals surface area contributed by atoms with Crippen molar-refractivity contribution in [3.63, 3.8) is 0 Å². The van der Waals surface area contributed by atoms with E-state index in [9.17, 15) is 14.7 Å². The third-order valence-corrected chi connectivity index (χ3v) is 4.78. The summed E-state index contributed by atoms with van der Waals surface area (Å²) in [6.07, 6.45) is 4.77. The summed E-state index contributed by atoms with van der Waals surface area (Å²) in [5.74, 6) is -1.52. The SMILES string of the molecule is O=C(O)Cn1c(O)c(C=C2C(=O)C=Cc3ccccc32)sc1=S. The number of carbonyl (C=O) groups is 2. The van der Waals surface area contributed by atoms with Crippen molar-refractivity contribution in [2.24, 2.45) is 0 Å². The largest absolute Gasteiger partial charge is 0.493 e. The van der Waals surface area contributed by atoms with E-state index in [1.165, 1.54) is 6.08 Å². The Morgan fingerprint density at radius 2 is 2.04 bits per heavy atom. The van der Waals surface area contributed by atoms with Crippen LogP contribution < -0.4 is 0 Å². The summed E-state index contributed by atoms with van der Waals surface area (Å²) in [6, 6.07) is 7.43. The van der Waals surface area contributed by atoms with Crippen molar-refractivity contribution >= 4 is 53.0 Å². The van der Waals surface area contributed by atoms with E-state index in [4.69, 9.17) is 17.3 Å². The molecule has 1 aliphatic carbocycles. The first-order valence-electron chi connectivity index (χ1n) is 6.65. The molecule has 0 fully saturated rings. The first kappa shape index (κ1) is 15.4. The molecule has 2 N–H and O–H groups in total. The van der Waals surface area contributed by atoms with Gasteiger partial charge in [-0.1, -0.05) is 30.3 Å². The Kier molecular flexibility index (Phi) is 3.97. The third kappa shape index (κ3) is 2.88. The first-order chi connectivity index (χ1) is 11.0. The fraction of sp³-hybridized carbons (Fsp3) is 0.0625. The molecule has 3 rings (SSSR count). The normalized spacial score (nSPS) is 15.0. The second-order valence-electron chi connectivity index (χ2n) is 4.88. The van der Waals surface area contributed by atoms with E-state index in [2.05, 4.69) is 0 Å². The standard InChI is InChI=1S/C16H11NO4S2/c18-12-6-5-9-3-1-2-4-10(9)11(12)7-13-15(21)17(8-14(19)20)16(22)23-13/h1-7,21H,8H2,(H,19,20). The maximum atomic E-state index is 12.2. The lowest BCUT2D eigenvalue weighted by molar-refractivity contribution is -0.137. The van der Waals surface area contributed by atoms with Crippen molar-refractivity contribution in [2.75, 3.05) is 0 Å². The van der Waals surface area contributed by atoms with Crippen LogP contribution in [-0.2, 0) is 16.1 Å². The zero-order valence-electron chi connectivity index (χ0n) is 11.7. The van der Waals surface area contributed by atoms with Gasteiger partial charge >= 0.3 is 5.97 Å². The molecule has 0 saturated carbocycles. The number of rotatable bonds is 3. The number of carboxylic acid groups (broad SMARTS) is 1. The van der Waals surface area contributed by atoms with Gasteiger partial charge in [0.2, 0.25) is 5.88 Å². The van der Waals surface area contributed by atoms with Crippen LogP contribution in [-0.4, -0.2) is 26.5 Å². The number of thiazole rings is 1. The number of benzene rings is 1. The summed E-state index contributed by atoms with van der Waals surface area (Å²) in [4.78, 5) is 23.4. The van der Waals surface area contributed by atoms with Crippen LogP contribution in [0.25, 0.3) is 17.7 Å². The van der Waals surface area contributed by atoms with Crippen molar-refractivity contribution in [1.82, 2.24) is 4.57 Å². The predicted octanol–water partition coefficient (Wildman–Crippen LogP) is 3.21. The summed E-state index contributed by atoms with van der Waals surface area (Å²) in [5.41, 5.74) is 2.12. The van der Waals surface area contributed by atoms with Crippen LogP contribution in [0.3, 0.4) is 0 Å². The summed E-state index contributed by atoms with van der Waals surface area (Å²) in [7, 11) is 0. The van der Waals surface area contributed by atoms with Gasteiger partial charge in [-0.3, -0.25) is 14.2 Å². The van der Waals surface area contributed by atoms with Gasteiger partial charge in [0.25, 0.3) is 0 Å². The number of hydrogen-bond donors (Lipinski definition) is 2. The summed E-state index contributed by atoms with van der Waals surface area (Å²) >= 11 is 6.15. The molecule has 1 aromatic carbocycles. The molecule has 0 unspecified atom stereocenters. The van der Waals surface area contributed by atoms with Crippen molar-refractivity contribution < 1.29 is 19.8 Å². The number of aromatic nitrogens is 1. The second kappa shape index (κ2) is 5.94. The van der Waals surface area contributed by atoms with Crippen molar-refractivity contribution in [2.45, 2.75) is 6.54 Å². The lowest BCUT2D eigenvalue weighted by Crippen LogP contribution is -2.08. The van der Waals surface area contributed by atoms with Gasteiger partial charge in [-0.15, -0.1) is 11.3 Å². The van der Waals surface area contributed by atoms with Gasteiger partial charge < -0.3 is 10.2 Å². The fourth-order valence-electron chi connectivity index (χ4n) is 2.34. The highest BCUT2D eigenvalue weighted by molar-refractivity contribution is 7.73. The highest BCUT2D eigenvalue weighted by Crippen LogP contribution is 2.33. The van der Waals surface area contributed by atoms with E-state index in [0.29, 0.717) is 10.5 Å². The number of carbonyl (C=O) groups excluding carboxylic acids is 1. The van der Waals surface area contributed by atoms with Crippen molar-refractivity contribution in [3.05, 3.63) is 50.3 Å². The molecular formula is C16H11NO4S2. The molecule has 1 aromatic heterocycles. The Labute approximate surface area is 140 Å². The molecule has 2 aromatic rings. The molecule has 0 amide bonds. The van der Waals surface area contributed by atoms with E-state index in [1.54, 1.807) is 12.2 Å². The molecule has 0 atom stereocenters. The Hall–Kier alpha value is -2.51. The van der Waals surface area contributed by atoms with Gasteiger partial charge in [0.1, 0.15) is 6.54 Å². The molecule has 0 radical (unpaired) electrons. The molecular weight excluding hydrogens is 334 g/mol. The number of ketones is 1. The van der Waals surface area contributed by atoms with Crippen LogP contribution in [0.2, 0.25) is 0 Å². The highest BCUT2D eigenvalue weighted by Gasteiger charge is 2.19. The van der Waals surface area contributed by atoms with E-state index in [1.807, 2.05) is 24.3 Å². The molecule has 0 spiro atoms. The van der Waals surface area contributed by atoms with E-state index >= 15 is 0 Å². The summed E-state index contributed by atoms with van der Waals surface area (Å²) < 4.78 is 1.37. The van der Waals surface area contributed by atoms with Gasteiger partial charge in [-0.25, -0.2) is 0 Å². The minimum absolute atomic E-state index is 0.174. The molecule has 116 valence electrons. The van der Waals surface area contributed by atoms with Gasteiger partial charge in [-0.05, 0) is 35.5 Å². The minimum atomic E-state index is -1.10. The van der Waals surface area contributed by atoms with Gasteiger partial charge in [0.05, 0.1) is 4.88 Å². The maximum Gasteiger partial charge on any atom is 0.323 e. The monoisotopic (exact) mass is 345 g/mol. The molecule has 1 heterocycles. The number of aromatic hydroxyl groups is 1. The van der Waals surface area contributed by atoms with Gasteiger partial charge in [0.15, 0.2) is 9.74 Å². The summed E-state index contributed by atoms with van der Waals surface area (Å²) in [6.45, 7) is -0.422. The lowest BCUT2D eigenvalue weighted by Gasteiger charge is -2.12. The molecule has 5 nitrogen and oxygen atoms in total. The zero-order chi connectivity index (χ0) is 16.6. The van der Waals surface area contributed by atoms with Crippen molar-refractivity contribution in [3.8, 4) is 5.88 Å². The fourth-order valence-corrected chi connectivity index (χ4v) is 3.59. The third-order valence-electron chi connectivity index (χ3n) is 3.39. The number of hydrogen-bond acceptors (Lipinski definition) is 5. The number of allylic oxidation sites excluding steroid dienone is 2. The van der Waals surface area contributed by atoms with Crippen LogP contribution in [0.5, 0.6) is 5.88 Å². The Balaban J connectivity index is 2.12. The van der Waals surface area contributed by atoms with E-state index < -0.39 is 12.5 Å². The topological polar surface area (TPSA) is 79.5 Å². The minimum Gasteiger partial charge on any atom is -0.493 e. The molecule has 0 bridgehead atoms. The number of nitrogens with zero attached hydrogens (tertiary/aromatic N) is 1.